The number of aryl methyl sites for hydroxylation is 1. The molecule has 1 fully saturated rings. The number of hydrogen-bond donors (Lipinski definition) is 0. The molecule has 0 atom stereocenters. The van der Waals surface area contributed by atoms with Crippen LogP contribution in [-0.2, 0) is 6.54 Å². The minimum absolute atomic E-state index is 0.0762. The van der Waals surface area contributed by atoms with Crippen molar-refractivity contribution in [1.29, 1.82) is 0 Å². The van der Waals surface area contributed by atoms with E-state index in [-0.39, 0.29) is 5.56 Å². The van der Waals surface area contributed by atoms with Gasteiger partial charge in [-0.2, -0.15) is 0 Å². The number of benzene rings is 1. The van der Waals surface area contributed by atoms with Gasteiger partial charge in [0.25, 0.3) is 5.56 Å². The van der Waals surface area contributed by atoms with Gasteiger partial charge in [-0.15, -0.1) is 5.10 Å². The molecule has 30 heavy (non-hydrogen) atoms. The highest BCUT2D eigenvalue weighted by Gasteiger charge is 2.19. The largest absolute Gasteiger partial charge is 0.353 e. The van der Waals surface area contributed by atoms with Gasteiger partial charge in [-0.05, 0) is 43.3 Å². The smallest absolute Gasteiger partial charge is 0.336 e. The molecule has 0 N–H and O–H groups in total. The highest BCUT2D eigenvalue weighted by molar-refractivity contribution is 5.79. The van der Waals surface area contributed by atoms with Crippen molar-refractivity contribution in [2.24, 2.45) is 0 Å². The SMILES string of the molecule is O=c1c2cccn2c2ccccc2n1CCCN1CCN(c2ccc([ClH+])nn2)CC1. The fourth-order valence-corrected chi connectivity index (χ4v) is 4.37. The van der Waals surface area contributed by atoms with Gasteiger partial charge in [-0.25, -0.2) is 0 Å². The van der Waals surface area contributed by atoms with Gasteiger partial charge in [0.15, 0.2) is 17.4 Å². The Morgan fingerprint density at radius 1 is 0.833 bits per heavy atom. The number of para-hydroxylation sites is 2. The molecule has 5 rings (SSSR count). The van der Waals surface area contributed by atoms with Crippen LogP contribution >= 0.6 is 0 Å². The van der Waals surface area contributed by atoms with E-state index in [1.54, 1.807) is 0 Å². The molecule has 1 aliphatic heterocycles. The normalized spacial score (nSPS) is 15.3. The first-order valence-corrected chi connectivity index (χ1v) is 10.7. The molecule has 1 aromatic carbocycles. The molecule has 3 aromatic heterocycles. The van der Waals surface area contributed by atoms with Crippen LogP contribution in [0.5, 0.6) is 0 Å². The standard InChI is InChI=1S/C22H24ClN6O/c23-20-8-9-21(25-24-20)27-15-13-26(14-16-27)10-4-12-29-18-6-2-1-5-17(18)28-11-3-7-19(28)22(29)30/h1-3,5-9,11,23H,4,10,12-16H2/q+1. The molecular weight excluding hydrogens is 400 g/mol. The Labute approximate surface area is 179 Å². The molecule has 1 aliphatic rings. The minimum atomic E-state index is 0.0762. The summed E-state index contributed by atoms with van der Waals surface area (Å²) in [5, 5.41) is 8.71. The van der Waals surface area contributed by atoms with Crippen molar-refractivity contribution in [2.45, 2.75) is 13.0 Å². The number of aromatic nitrogens is 4. The summed E-state index contributed by atoms with van der Waals surface area (Å²) in [6.45, 7) is 5.48. The van der Waals surface area contributed by atoms with E-state index in [1.807, 2.05) is 57.6 Å². The number of rotatable bonds is 5. The van der Waals surface area contributed by atoms with Crippen LogP contribution in [0, 0.1) is 11.6 Å². The van der Waals surface area contributed by atoms with Crippen LogP contribution in [0.4, 0.5) is 5.82 Å². The Hall–Kier alpha value is -2.90. The molecule has 8 heteroatoms. The lowest BCUT2D eigenvalue weighted by Crippen LogP contribution is -2.47. The van der Waals surface area contributed by atoms with E-state index in [4.69, 9.17) is 11.6 Å². The molecule has 4 heterocycles. The molecular formula is C22H24ClN6O+. The summed E-state index contributed by atoms with van der Waals surface area (Å²) < 4.78 is 3.90. The number of piperazine rings is 1. The quantitative estimate of drug-likeness (QED) is 0.491. The first-order chi connectivity index (χ1) is 14.7. The zero-order valence-corrected chi connectivity index (χ0v) is 17.5. The molecule has 0 bridgehead atoms. The van der Waals surface area contributed by atoms with E-state index in [1.165, 1.54) is 0 Å². The summed E-state index contributed by atoms with van der Waals surface area (Å²) in [4.78, 5) is 17.7. The average Bonchev–Trinajstić information content (AvgIpc) is 3.28. The van der Waals surface area contributed by atoms with E-state index in [0.717, 1.165) is 61.5 Å². The Balaban J connectivity index is 1.24. The number of anilines is 1. The van der Waals surface area contributed by atoms with Gasteiger partial charge in [0.1, 0.15) is 5.52 Å². The monoisotopic (exact) mass is 423 g/mol. The van der Waals surface area contributed by atoms with Gasteiger partial charge in [0.2, 0.25) is 0 Å². The third-order valence-electron chi connectivity index (χ3n) is 5.82. The third-order valence-corrected chi connectivity index (χ3v) is 6.04. The van der Waals surface area contributed by atoms with Crippen LogP contribution in [0.25, 0.3) is 16.6 Å². The van der Waals surface area contributed by atoms with Crippen molar-refractivity contribution in [2.75, 3.05) is 37.6 Å². The second-order valence-electron chi connectivity index (χ2n) is 7.62. The predicted octanol–water partition coefficient (Wildman–Crippen LogP) is 1.95. The molecule has 1 saturated heterocycles. The number of halogens is 1. The lowest BCUT2D eigenvalue weighted by atomic mass is 10.2. The summed E-state index contributed by atoms with van der Waals surface area (Å²) in [6.07, 6.45) is 2.89. The first kappa shape index (κ1) is 19.1. The Morgan fingerprint density at radius 2 is 1.60 bits per heavy atom. The molecule has 154 valence electrons. The van der Waals surface area contributed by atoms with Crippen LogP contribution < -0.4 is 10.5 Å². The van der Waals surface area contributed by atoms with E-state index in [0.29, 0.717) is 11.7 Å². The van der Waals surface area contributed by atoms with E-state index < -0.39 is 0 Å². The third kappa shape index (κ3) is 3.55. The Morgan fingerprint density at radius 3 is 2.37 bits per heavy atom. The zero-order valence-electron chi connectivity index (χ0n) is 16.6. The van der Waals surface area contributed by atoms with Crippen LogP contribution in [0.15, 0.2) is 59.5 Å². The highest BCUT2D eigenvalue weighted by Crippen LogP contribution is 2.16. The molecule has 7 nitrogen and oxygen atoms in total. The fourth-order valence-electron chi connectivity index (χ4n) is 4.27. The number of nitrogens with zero attached hydrogens (tertiary/aromatic N) is 6. The molecule has 4 aromatic rings. The van der Waals surface area contributed by atoms with Crippen molar-refractivity contribution in [3.05, 3.63) is 70.2 Å². The van der Waals surface area contributed by atoms with Gasteiger partial charge >= 0.3 is 5.15 Å². The summed E-state index contributed by atoms with van der Waals surface area (Å²) in [5.41, 5.74) is 2.86. The van der Waals surface area contributed by atoms with Crippen LogP contribution in [0.3, 0.4) is 0 Å². The lowest BCUT2D eigenvalue weighted by Gasteiger charge is -2.35. The van der Waals surface area contributed by atoms with Gasteiger partial charge in [0, 0.05) is 45.0 Å². The number of hydrogen-bond acceptors (Lipinski definition) is 5. The van der Waals surface area contributed by atoms with Gasteiger partial charge in [-0.1, -0.05) is 17.2 Å². The molecule has 0 spiro atoms. The second-order valence-corrected chi connectivity index (χ2v) is 8.04. The van der Waals surface area contributed by atoms with Gasteiger partial charge in [0.05, 0.1) is 11.0 Å². The minimum Gasteiger partial charge on any atom is -0.353 e. The van der Waals surface area contributed by atoms with Crippen LogP contribution in [0.1, 0.15) is 6.42 Å². The topological polar surface area (TPSA) is 58.7 Å². The van der Waals surface area contributed by atoms with E-state index in [2.05, 4.69) is 26.1 Å². The summed E-state index contributed by atoms with van der Waals surface area (Å²) >= 11 is 5.01. The maximum absolute atomic E-state index is 13.0. The molecule has 0 unspecified atom stereocenters. The molecule has 0 amide bonds. The molecule has 0 saturated carbocycles. The summed E-state index contributed by atoms with van der Waals surface area (Å²) in [6, 6.07) is 15.7. The first-order valence-electron chi connectivity index (χ1n) is 10.3. The predicted molar refractivity (Wildman–Crippen MR) is 115 cm³/mol. The Bertz CT molecular complexity index is 1220. The second kappa shape index (κ2) is 8.08. The van der Waals surface area contributed by atoms with Crippen molar-refractivity contribution in [3.8, 4) is 0 Å². The molecule has 0 radical (unpaired) electrons. The summed E-state index contributed by atoms with van der Waals surface area (Å²) in [5.74, 6) is 0.891. The summed E-state index contributed by atoms with van der Waals surface area (Å²) in [7, 11) is 0. The fraction of sp³-hybridized carbons (Fsp3) is 0.318. The zero-order chi connectivity index (χ0) is 20.5. The van der Waals surface area contributed by atoms with E-state index >= 15 is 0 Å². The lowest BCUT2D eigenvalue weighted by molar-refractivity contribution is -0.297. The van der Waals surface area contributed by atoms with E-state index in [9.17, 15) is 4.79 Å². The Kier molecular flexibility index (Phi) is 5.14. The van der Waals surface area contributed by atoms with Crippen molar-refractivity contribution in [1.82, 2.24) is 24.1 Å². The van der Waals surface area contributed by atoms with Crippen LogP contribution in [0.2, 0.25) is 5.15 Å². The average molecular weight is 424 g/mol. The maximum atomic E-state index is 13.0. The van der Waals surface area contributed by atoms with Crippen molar-refractivity contribution < 1.29 is 11.6 Å². The van der Waals surface area contributed by atoms with Crippen LogP contribution in [-0.4, -0.2) is 56.8 Å². The van der Waals surface area contributed by atoms with Gasteiger partial charge < -0.3 is 13.9 Å². The van der Waals surface area contributed by atoms with Crippen molar-refractivity contribution >= 4 is 22.4 Å². The molecule has 0 aliphatic carbocycles. The highest BCUT2D eigenvalue weighted by atomic mass is 35.5. The van der Waals surface area contributed by atoms with Crippen molar-refractivity contribution in [3.63, 3.8) is 0 Å². The number of fused-ring (bicyclic) bond motifs is 3. The van der Waals surface area contributed by atoms with Gasteiger partial charge in [-0.3, -0.25) is 9.69 Å². The maximum Gasteiger partial charge on any atom is 0.336 e.